The second-order valence-corrected chi connectivity index (χ2v) is 9.56. The van der Waals surface area contributed by atoms with Gasteiger partial charge in [-0.1, -0.05) is 12.1 Å². The molecule has 2 aromatic rings. The first-order valence-corrected chi connectivity index (χ1v) is 12.3. The third-order valence-corrected chi connectivity index (χ3v) is 7.51. The van der Waals surface area contributed by atoms with Gasteiger partial charge in [0.1, 0.15) is 11.6 Å². The Morgan fingerprint density at radius 3 is 2.50 bits per heavy atom. The normalized spacial score (nSPS) is 24.9. The number of carbonyl (C=O) groups is 3. The molecule has 2 atom stereocenters. The maximum atomic E-state index is 14.0. The highest BCUT2D eigenvalue weighted by molar-refractivity contribution is 6.07. The number of hydrogen-bond acceptors (Lipinski definition) is 5. The molecule has 36 heavy (non-hydrogen) atoms. The van der Waals surface area contributed by atoms with E-state index in [0.717, 1.165) is 25.0 Å². The Morgan fingerprint density at radius 1 is 1.11 bits per heavy atom. The third-order valence-electron chi connectivity index (χ3n) is 7.51. The van der Waals surface area contributed by atoms with Crippen LogP contribution < -0.4 is 5.32 Å². The molecule has 0 radical (unpaired) electrons. The first-order valence-electron chi connectivity index (χ1n) is 12.3. The Balaban J connectivity index is 1.34. The van der Waals surface area contributed by atoms with Crippen molar-refractivity contribution in [2.24, 2.45) is 5.92 Å². The summed E-state index contributed by atoms with van der Waals surface area (Å²) in [6.45, 7) is 1.41. The molecule has 190 valence electrons. The molecule has 4 amide bonds. The minimum atomic E-state index is -1.29. The molecule has 3 saturated heterocycles. The molecule has 4 heterocycles. The molecule has 1 aromatic heterocycles. The number of pyridine rings is 1. The maximum absolute atomic E-state index is 14.0. The third kappa shape index (κ3) is 4.34. The molecular formula is C26H28F2N4O4. The van der Waals surface area contributed by atoms with Crippen molar-refractivity contribution in [3.63, 3.8) is 0 Å². The van der Waals surface area contributed by atoms with Crippen molar-refractivity contribution in [3.8, 4) is 0 Å². The lowest BCUT2D eigenvalue weighted by atomic mass is 9.73. The number of imide groups is 1. The molecule has 5 rings (SSSR count). The van der Waals surface area contributed by atoms with Gasteiger partial charge in [0.15, 0.2) is 5.54 Å². The van der Waals surface area contributed by atoms with Crippen LogP contribution in [0.1, 0.15) is 36.8 Å². The molecule has 1 N–H and O–H groups in total. The van der Waals surface area contributed by atoms with E-state index in [1.165, 1.54) is 11.0 Å². The lowest BCUT2D eigenvalue weighted by molar-refractivity contribution is -0.137. The van der Waals surface area contributed by atoms with Gasteiger partial charge in [-0.25, -0.2) is 13.6 Å². The fourth-order valence-corrected chi connectivity index (χ4v) is 5.58. The number of nitrogens with zero attached hydrogens (tertiary/aromatic N) is 3. The monoisotopic (exact) mass is 498 g/mol. The van der Waals surface area contributed by atoms with E-state index in [4.69, 9.17) is 4.74 Å². The van der Waals surface area contributed by atoms with Gasteiger partial charge in [0.2, 0.25) is 5.91 Å². The number of rotatable bonds is 6. The summed E-state index contributed by atoms with van der Waals surface area (Å²) in [6, 6.07) is 6.56. The van der Waals surface area contributed by atoms with E-state index >= 15 is 0 Å². The Labute approximate surface area is 207 Å². The van der Waals surface area contributed by atoms with Crippen molar-refractivity contribution >= 4 is 17.8 Å². The van der Waals surface area contributed by atoms with Crippen LogP contribution in [0.4, 0.5) is 13.6 Å². The molecule has 0 spiro atoms. The van der Waals surface area contributed by atoms with Gasteiger partial charge in [0.25, 0.3) is 5.91 Å². The van der Waals surface area contributed by atoms with Crippen LogP contribution in [0, 0.1) is 17.6 Å². The summed E-state index contributed by atoms with van der Waals surface area (Å²) >= 11 is 0. The fraction of sp³-hybridized carbons (Fsp3) is 0.462. The summed E-state index contributed by atoms with van der Waals surface area (Å²) in [7, 11) is 0. The highest BCUT2D eigenvalue weighted by Gasteiger charge is 2.57. The molecule has 3 aliphatic rings. The summed E-state index contributed by atoms with van der Waals surface area (Å²) in [5.74, 6) is -2.51. The Morgan fingerprint density at radius 2 is 1.86 bits per heavy atom. The average molecular weight is 499 g/mol. The summed E-state index contributed by atoms with van der Waals surface area (Å²) in [5, 5.41) is 2.97. The van der Waals surface area contributed by atoms with E-state index in [1.807, 2.05) is 0 Å². The van der Waals surface area contributed by atoms with Crippen molar-refractivity contribution in [1.29, 1.82) is 0 Å². The number of piperidine rings is 1. The number of likely N-dealkylation sites (tertiary alicyclic amines) is 1. The van der Waals surface area contributed by atoms with Crippen LogP contribution in [0.5, 0.6) is 0 Å². The zero-order valence-electron chi connectivity index (χ0n) is 19.8. The van der Waals surface area contributed by atoms with E-state index in [2.05, 4.69) is 10.3 Å². The zero-order chi connectivity index (χ0) is 25.3. The van der Waals surface area contributed by atoms with Crippen LogP contribution in [0.15, 0.2) is 42.7 Å². The van der Waals surface area contributed by atoms with Crippen molar-refractivity contribution < 1.29 is 27.9 Å². The lowest BCUT2D eigenvalue weighted by Crippen LogP contribution is -2.54. The highest BCUT2D eigenvalue weighted by atomic mass is 19.1. The van der Waals surface area contributed by atoms with E-state index in [0.29, 0.717) is 38.1 Å². The number of ether oxygens (including phenoxy) is 1. The lowest BCUT2D eigenvalue weighted by Gasteiger charge is -2.41. The molecule has 3 aliphatic heterocycles. The zero-order valence-corrected chi connectivity index (χ0v) is 19.8. The first-order chi connectivity index (χ1) is 17.4. The molecule has 3 fully saturated rings. The van der Waals surface area contributed by atoms with Crippen LogP contribution in [0.2, 0.25) is 0 Å². The number of nitrogens with one attached hydrogen (secondary N) is 1. The summed E-state index contributed by atoms with van der Waals surface area (Å²) in [5.41, 5.74) is -0.952. The van der Waals surface area contributed by atoms with Crippen LogP contribution in [0.3, 0.4) is 0 Å². The van der Waals surface area contributed by atoms with Crippen molar-refractivity contribution in [1.82, 2.24) is 20.1 Å². The van der Waals surface area contributed by atoms with Crippen molar-refractivity contribution in [3.05, 3.63) is 65.5 Å². The van der Waals surface area contributed by atoms with Gasteiger partial charge in [-0.3, -0.25) is 19.5 Å². The minimum absolute atomic E-state index is 0.178. The second-order valence-electron chi connectivity index (χ2n) is 9.56. The molecule has 8 nitrogen and oxygen atoms in total. The standard InChI is InChI=1S/C26H28F2N4O4/c27-21-6-1-7-22(28)20(21)14-23(33)31-11-8-17(9-12-31)26(18-4-2-10-29-15-18)24(34)32(25(35)30-26)16-19-5-3-13-36-19/h1-2,4,6-7,10,15,17,19H,3,5,8-9,11-14,16H2,(H,30,35)/t19-,26-/m1/s1. The highest BCUT2D eigenvalue weighted by Crippen LogP contribution is 2.41. The SMILES string of the molecule is O=C(Cc1c(F)cccc1F)N1CCC([C@]2(c3cccnc3)NC(=O)N(C[C@H]3CCCO3)C2=O)CC1. The van der Waals surface area contributed by atoms with Gasteiger partial charge in [-0.15, -0.1) is 0 Å². The van der Waals surface area contributed by atoms with Gasteiger partial charge in [-0.05, 0) is 49.8 Å². The molecule has 0 bridgehead atoms. The van der Waals surface area contributed by atoms with Crippen LogP contribution in [-0.4, -0.2) is 65.0 Å². The minimum Gasteiger partial charge on any atom is -0.376 e. The molecule has 0 aliphatic carbocycles. The van der Waals surface area contributed by atoms with E-state index in [-0.39, 0.29) is 42.4 Å². The topological polar surface area (TPSA) is 91.8 Å². The Bertz CT molecular complexity index is 1130. The van der Waals surface area contributed by atoms with Gasteiger partial charge in [0.05, 0.1) is 19.1 Å². The second kappa shape index (κ2) is 9.93. The summed E-state index contributed by atoms with van der Waals surface area (Å²) in [4.78, 5) is 46.7. The van der Waals surface area contributed by atoms with Gasteiger partial charge in [0, 0.05) is 43.2 Å². The Hall–Kier alpha value is -3.40. The molecule has 0 saturated carbocycles. The summed E-state index contributed by atoms with van der Waals surface area (Å²) < 4.78 is 33.7. The molecule has 1 aromatic carbocycles. The van der Waals surface area contributed by atoms with E-state index in [9.17, 15) is 23.2 Å². The van der Waals surface area contributed by atoms with Gasteiger partial charge in [-0.2, -0.15) is 0 Å². The predicted octanol–water partition coefficient (Wildman–Crippen LogP) is 2.77. The smallest absolute Gasteiger partial charge is 0.325 e. The molecule has 0 unspecified atom stereocenters. The van der Waals surface area contributed by atoms with Crippen molar-refractivity contribution in [2.75, 3.05) is 26.2 Å². The number of benzene rings is 1. The van der Waals surface area contributed by atoms with E-state index in [1.54, 1.807) is 29.4 Å². The predicted molar refractivity (Wildman–Crippen MR) is 124 cm³/mol. The number of amides is 4. The van der Waals surface area contributed by atoms with E-state index < -0.39 is 23.2 Å². The largest absolute Gasteiger partial charge is 0.376 e. The number of halogens is 2. The fourth-order valence-electron chi connectivity index (χ4n) is 5.58. The van der Waals surface area contributed by atoms with Crippen molar-refractivity contribution in [2.45, 2.75) is 43.7 Å². The van der Waals surface area contributed by atoms with Crippen LogP contribution in [0.25, 0.3) is 0 Å². The maximum Gasteiger partial charge on any atom is 0.325 e. The number of aromatic nitrogens is 1. The quantitative estimate of drug-likeness (QED) is 0.619. The van der Waals surface area contributed by atoms with Crippen LogP contribution >= 0.6 is 0 Å². The average Bonchev–Trinajstić information content (AvgIpc) is 3.50. The first kappa shape index (κ1) is 24.3. The van der Waals surface area contributed by atoms with Gasteiger partial charge < -0.3 is 15.0 Å². The summed E-state index contributed by atoms with van der Waals surface area (Å²) in [6.07, 6.45) is 5.19. The Kier molecular flexibility index (Phi) is 6.70. The van der Waals surface area contributed by atoms with Crippen LogP contribution in [-0.2, 0) is 26.3 Å². The molecular weight excluding hydrogens is 470 g/mol. The number of urea groups is 1. The number of carbonyl (C=O) groups excluding carboxylic acids is 3. The molecule has 10 heteroatoms. The van der Waals surface area contributed by atoms with Gasteiger partial charge >= 0.3 is 6.03 Å². The number of hydrogen-bond donors (Lipinski definition) is 1.